The monoisotopic (exact) mass is 694 g/mol. The molecule has 2 fully saturated rings. The number of aromatic nitrogens is 2. The molecule has 0 radical (unpaired) electrons. The Labute approximate surface area is 301 Å². The highest BCUT2D eigenvalue weighted by atomic mass is 16.5. The van der Waals surface area contributed by atoms with Crippen molar-refractivity contribution in [2.45, 2.75) is 25.7 Å². The lowest BCUT2D eigenvalue weighted by Crippen LogP contribution is -2.37. The molecule has 0 N–H and O–H groups in total. The Morgan fingerprint density at radius 2 is 1.25 bits per heavy atom. The molecule has 11 heteroatoms. The van der Waals surface area contributed by atoms with Crippen molar-refractivity contribution >= 4 is 23.6 Å². The lowest BCUT2D eigenvalue weighted by atomic mass is 9.84. The summed E-state index contributed by atoms with van der Waals surface area (Å²) in [7, 11) is 9.16. The van der Waals surface area contributed by atoms with Crippen LogP contribution in [0.25, 0.3) is 0 Å². The topological polar surface area (TPSA) is 116 Å². The minimum atomic E-state index is -0.684. The molecule has 4 heterocycles. The summed E-state index contributed by atoms with van der Waals surface area (Å²) >= 11 is 0. The van der Waals surface area contributed by atoms with Crippen molar-refractivity contribution in [2.75, 3.05) is 61.7 Å². The van der Waals surface area contributed by atoms with Crippen LogP contribution in [0.2, 0.25) is 0 Å². The number of carbonyl (C=O) groups excluding carboxylic acids is 4. The van der Waals surface area contributed by atoms with E-state index in [2.05, 4.69) is 26.8 Å². The predicted octanol–water partition coefficient (Wildman–Crippen LogP) is 5.05. The molecule has 51 heavy (non-hydrogen) atoms. The second-order valence-corrected chi connectivity index (χ2v) is 12.8. The van der Waals surface area contributed by atoms with Crippen LogP contribution in [0.1, 0.15) is 57.5 Å². The summed E-state index contributed by atoms with van der Waals surface area (Å²) < 4.78 is 4.46. The molecule has 270 valence electrons. The number of hydrogen-bond donors (Lipinski definition) is 0. The molecule has 6 rings (SSSR count). The predicted molar refractivity (Wildman–Crippen MR) is 198 cm³/mol. The highest BCUT2D eigenvalue weighted by molar-refractivity contribution is 6.11. The number of Topliss-reactive ketones (excluding diaryl/α,β-unsaturated/α-hetero) is 1. The Balaban J connectivity index is 0.000000224. The molecule has 3 unspecified atom stereocenters. The van der Waals surface area contributed by atoms with Crippen LogP contribution in [0.5, 0.6) is 0 Å². The molecule has 4 aromatic rings. The van der Waals surface area contributed by atoms with Crippen molar-refractivity contribution in [2.24, 2.45) is 5.92 Å². The fourth-order valence-corrected chi connectivity index (χ4v) is 6.05. The number of benzene rings is 2. The second-order valence-electron chi connectivity index (χ2n) is 12.8. The van der Waals surface area contributed by atoms with Gasteiger partial charge in [-0.3, -0.25) is 34.2 Å². The number of esters is 1. The maximum Gasteiger partial charge on any atom is 0.339 e. The lowest BCUT2D eigenvalue weighted by molar-refractivity contribution is -0.131. The summed E-state index contributed by atoms with van der Waals surface area (Å²) in [4.78, 5) is 63.8. The number of ether oxygens (including phenoxy) is 1. The molecule has 2 aromatic carbocycles. The molecule has 0 aliphatic carbocycles. The molecule has 0 bridgehead atoms. The summed E-state index contributed by atoms with van der Waals surface area (Å²) in [6, 6.07) is 26.9. The third kappa shape index (κ3) is 11.4. The van der Waals surface area contributed by atoms with Gasteiger partial charge in [0.05, 0.1) is 26.0 Å². The van der Waals surface area contributed by atoms with Gasteiger partial charge in [0.15, 0.2) is 5.78 Å². The van der Waals surface area contributed by atoms with E-state index in [1.165, 1.54) is 25.1 Å². The number of rotatable bonds is 9. The number of ketones is 1. The summed E-state index contributed by atoms with van der Waals surface area (Å²) in [5, 5.41) is 0. The molecule has 11 nitrogen and oxygen atoms in total. The maximum atomic E-state index is 13.0. The van der Waals surface area contributed by atoms with Crippen LogP contribution in [0.4, 0.5) is 0 Å². The van der Waals surface area contributed by atoms with E-state index in [0.29, 0.717) is 36.7 Å². The van der Waals surface area contributed by atoms with Crippen molar-refractivity contribution < 1.29 is 23.9 Å². The van der Waals surface area contributed by atoms with Crippen LogP contribution < -0.4 is 0 Å². The van der Waals surface area contributed by atoms with E-state index in [4.69, 9.17) is 0 Å². The second kappa shape index (κ2) is 19.8. The molecule has 3 atom stereocenters. The average Bonchev–Trinajstić information content (AvgIpc) is 3.67. The zero-order valence-corrected chi connectivity index (χ0v) is 29.4. The Bertz CT molecular complexity index is 1670. The molecule has 0 spiro atoms. The van der Waals surface area contributed by atoms with E-state index in [9.17, 15) is 19.2 Å². The standard InChI is InChI=1S/C19H21N3O2.C13H18N2O.C7H7NO2.CH4/c1-21(2)13-22-12-16(14-7-4-3-5-8-14)17(19(22)24)18(23)15-9-6-10-20-11-15;1-14(2)10-15-9-12(8-13(15)16)11-6-4-3-5-7-11;1-10-7(9)6-3-2-4-8-5-6;/h3-11,16-17H,12-13H2,1-2H3;3-7,12H,8-10H2,1-2H3;2-5H,1H3;1H4. The van der Waals surface area contributed by atoms with Gasteiger partial charge in [-0.1, -0.05) is 68.1 Å². The summed E-state index contributed by atoms with van der Waals surface area (Å²) in [6.07, 6.45) is 6.88. The van der Waals surface area contributed by atoms with Gasteiger partial charge in [-0.25, -0.2) is 4.79 Å². The van der Waals surface area contributed by atoms with E-state index in [0.717, 1.165) is 18.8 Å². The summed E-state index contributed by atoms with van der Waals surface area (Å²) in [6.45, 7) is 2.64. The summed E-state index contributed by atoms with van der Waals surface area (Å²) in [5.74, 6) is -0.790. The van der Waals surface area contributed by atoms with Gasteiger partial charge in [0.1, 0.15) is 5.92 Å². The molecule has 2 saturated heterocycles. The number of methoxy groups -OCH3 is 1. The Kier molecular flexibility index (Phi) is 15.6. The maximum absolute atomic E-state index is 13.0. The van der Waals surface area contributed by atoms with Crippen molar-refractivity contribution in [3.63, 3.8) is 0 Å². The number of likely N-dealkylation sites (tertiary alicyclic amines) is 2. The van der Waals surface area contributed by atoms with Gasteiger partial charge < -0.3 is 14.5 Å². The Morgan fingerprint density at radius 1 is 0.725 bits per heavy atom. The van der Waals surface area contributed by atoms with E-state index >= 15 is 0 Å². The van der Waals surface area contributed by atoms with Gasteiger partial charge in [0, 0.05) is 61.7 Å². The van der Waals surface area contributed by atoms with Gasteiger partial charge in [-0.2, -0.15) is 0 Å². The molecule has 0 saturated carbocycles. The van der Waals surface area contributed by atoms with E-state index in [1.807, 2.05) is 91.4 Å². The van der Waals surface area contributed by atoms with Gasteiger partial charge >= 0.3 is 5.97 Å². The average molecular weight is 695 g/mol. The quantitative estimate of drug-likeness (QED) is 0.135. The third-order valence-corrected chi connectivity index (χ3v) is 8.33. The molecule has 2 amide bonds. The van der Waals surface area contributed by atoms with Crippen LogP contribution in [0, 0.1) is 5.92 Å². The third-order valence-electron chi connectivity index (χ3n) is 8.33. The summed E-state index contributed by atoms with van der Waals surface area (Å²) in [5.41, 5.74) is 3.26. The van der Waals surface area contributed by atoms with E-state index < -0.39 is 5.92 Å². The smallest absolute Gasteiger partial charge is 0.339 e. The first-order valence-corrected chi connectivity index (χ1v) is 16.5. The zero-order chi connectivity index (χ0) is 36.0. The number of hydrogen-bond acceptors (Lipinski definition) is 9. The largest absolute Gasteiger partial charge is 0.465 e. The molecule has 2 aliphatic rings. The zero-order valence-electron chi connectivity index (χ0n) is 29.4. The van der Waals surface area contributed by atoms with Crippen LogP contribution in [0.15, 0.2) is 110 Å². The van der Waals surface area contributed by atoms with Gasteiger partial charge in [0.2, 0.25) is 11.8 Å². The molecular weight excluding hydrogens is 644 g/mol. The number of carbonyl (C=O) groups is 4. The van der Waals surface area contributed by atoms with Crippen LogP contribution in [0.3, 0.4) is 0 Å². The SMILES string of the molecule is C.CN(C)CN1CC(c2ccccc2)C(C(=O)c2cccnc2)C1=O.CN(C)CN1CC(c2ccccc2)CC1=O.COC(=O)c1cccnc1. The van der Waals surface area contributed by atoms with Crippen LogP contribution in [-0.2, 0) is 14.3 Å². The number of amides is 2. The van der Waals surface area contributed by atoms with Crippen LogP contribution >= 0.6 is 0 Å². The first-order chi connectivity index (χ1) is 24.1. The highest BCUT2D eigenvalue weighted by Gasteiger charge is 2.45. The van der Waals surface area contributed by atoms with Crippen molar-refractivity contribution in [3.8, 4) is 0 Å². The molecule has 2 aromatic heterocycles. The molecule has 2 aliphatic heterocycles. The van der Waals surface area contributed by atoms with Crippen molar-refractivity contribution in [3.05, 3.63) is 132 Å². The minimum Gasteiger partial charge on any atom is -0.465 e. The van der Waals surface area contributed by atoms with Crippen molar-refractivity contribution in [1.82, 2.24) is 29.6 Å². The number of pyridine rings is 2. The number of nitrogens with zero attached hydrogens (tertiary/aromatic N) is 6. The highest BCUT2D eigenvalue weighted by Crippen LogP contribution is 2.36. The fourth-order valence-electron chi connectivity index (χ4n) is 6.05. The first-order valence-electron chi connectivity index (χ1n) is 16.5. The normalized spacial score (nSPS) is 18.0. The van der Waals surface area contributed by atoms with Gasteiger partial charge in [0.25, 0.3) is 0 Å². The first kappa shape index (κ1) is 40.2. The lowest BCUT2D eigenvalue weighted by Gasteiger charge is -2.21. The van der Waals surface area contributed by atoms with Gasteiger partial charge in [-0.05, 0) is 63.6 Å². The Hall–Kier alpha value is -5.26. The van der Waals surface area contributed by atoms with Crippen molar-refractivity contribution in [1.29, 1.82) is 0 Å². The fraction of sp³-hybridized carbons (Fsp3) is 0.350. The molecular formula is C40H50N6O5. The van der Waals surface area contributed by atoms with Crippen LogP contribution in [-0.4, -0.2) is 115 Å². The Morgan fingerprint density at radius 3 is 1.76 bits per heavy atom. The van der Waals surface area contributed by atoms with Gasteiger partial charge in [-0.15, -0.1) is 0 Å². The van der Waals surface area contributed by atoms with E-state index in [1.54, 1.807) is 41.6 Å². The van der Waals surface area contributed by atoms with E-state index in [-0.39, 0.29) is 36.9 Å². The minimum absolute atomic E-state index is 0.